The van der Waals surface area contributed by atoms with Gasteiger partial charge in [0.05, 0.1) is 11.4 Å². The fourth-order valence-electron chi connectivity index (χ4n) is 6.03. The molecule has 6 rings (SSSR count). The molecule has 0 aromatic heterocycles. The van der Waals surface area contributed by atoms with Gasteiger partial charge in [0.25, 0.3) is 0 Å². The number of hydrogen-bond acceptors (Lipinski definition) is 2. The number of fused-ring (bicyclic) bond motifs is 2. The van der Waals surface area contributed by atoms with Gasteiger partial charge < -0.3 is 9.80 Å². The third-order valence-corrected chi connectivity index (χ3v) is 8.40. The van der Waals surface area contributed by atoms with Crippen LogP contribution in [0.5, 0.6) is 0 Å². The molecule has 1 saturated carbocycles. The predicted octanol–water partition coefficient (Wildman–Crippen LogP) is 6.58. The van der Waals surface area contributed by atoms with Crippen molar-refractivity contribution < 1.29 is 9.59 Å². The molecule has 184 valence electrons. The maximum Gasteiger partial charge on any atom is 0.329 e. The van der Waals surface area contributed by atoms with E-state index in [0.29, 0.717) is 19.0 Å². The van der Waals surface area contributed by atoms with E-state index in [2.05, 4.69) is 45.1 Å². The molecule has 3 amide bonds. The lowest BCUT2D eigenvalue weighted by Gasteiger charge is -2.51. The molecule has 2 heterocycles. The minimum atomic E-state index is -0.0180. The number of para-hydroxylation sites is 2. The van der Waals surface area contributed by atoms with Gasteiger partial charge in [-0.3, -0.25) is 9.69 Å². The number of carbonyl (C=O) groups excluding carboxylic acids is 2. The third-order valence-electron chi connectivity index (χ3n) is 7.87. The van der Waals surface area contributed by atoms with Crippen molar-refractivity contribution in [1.29, 1.82) is 0 Å². The standard InChI is InChI=1S/C30H30BrN3O2/c31-22-16-14-21(15-17-22)27-18-28(27)29(35)33-25-12-7-13-26(33)20-32(19-25)30(36)34(23-8-3-1-4-9-23)24-10-5-2-6-11-24/h1-6,8-11,14-17,25-28H,7,12-13,18-20H2/t25-,26+,27?,28?. The topological polar surface area (TPSA) is 43.9 Å². The van der Waals surface area contributed by atoms with Crippen LogP contribution >= 0.6 is 15.9 Å². The Hall–Kier alpha value is -3.12. The summed E-state index contributed by atoms with van der Waals surface area (Å²) in [4.78, 5) is 33.6. The number of amides is 3. The van der Waals surface area contributed by atoms with Crippen LogP contribution in [0.15, 0.2) is 89.4 Å². The number of likely N-dealkylation sites (tertiary alicyclic amines) is 1. The van der Waals surface area contributed by atoms with E-state index in [9.17, 15) is 9.59 Å². The van der Waals surface area contributed by atoms with Crippen LogP contribution in [0.1, 0.15) is 37.2 Å². The van der Waals surface area contributed by atoms with Crippen molar-refractivity contribution in [3.8, 4) is 0 Å². The Bertz CT molecular complexity index is 1180. The maximum atomic E-state index is 14.0. The average Bonchev–Trinajstić information content (AvgIpc) is 3.70. The van der Waals surface area contributed by atoms with Crippen molar-refractivity contribution in [2.45, 2.75) is 43.7 Å². The molecule has 2 aliphatic heterocycles. The van der Waals surface area contributed by atoms with Gasteiger partial charge in [-0.15, -0.1) is 0 Å². The van der Waals surface area contributed by atoms with Gasteiger partial charge in [-0.05, 0) is 73.6 Å². The monoisotopic (exact) mass is 543 g/mol. The van der Waals surface area contributed by atoms with Gasteiger partial charge >= 0.3 is 6.03 Å². The van der Waals surface area contributed by atoms with Crippen molar-refractivity contribution in [3.05, 3.63) is 95.0 Å². The molecule has 3 aromatic carbocycles. The van der Waals surface area contributed by atoms with Crippen molar-refractivity contribution in [2.75, 3.05) is 18.0 Å². The van der Waals surface area contributed by atoms with Crippen LogP contribution in [0.2, 0.25) is 0 Å². The zero-order valence-electron chi connectivity index (χ0n) is 20.2. The summed E-state index contributed by atoms with van der Waals surface area (Å²) in [5.74, 6) is 0.673. The molecule has 2 unspecified atom stereocenters. The lowest BCUT2D eigenvalue weighted by molar-refractivity contribution is -0.143. The Morgan fingerprint density at radius 2 is 1.33 bits per heavy atom. The number of benzene rings is 3. The van der Waals surface area contributed by atoms with Crippen molar-refractivity contribution >= 4 is 39.2 Å². The van der Waals surface area contributed by atoms with Crippen molar-refractivity contribution in [1.82, 2.24) is 9.80 Å². The summed E-state index contributed by atoms with van der Waals surface area (Å²) >= 11 is 3.50. The molecule has 3 fully saturated rings. The first kappa shape index (κ1) is 23.3. The molecule has 3 aromatic rings. The molecule has 0 N–H and O–H groups in total. The molecule has 3 aliphatic rings. The van der Waals surface area contributed by atoms with Crippen LogP contribution in [0.4, 0.5) is 16.2 Å². The molecule has 4 atom stereocenters. The molecular weight excluding hydrogens is 514 g/mol. The van der Waals surface area contributed by atoms with Crippen molar-refractivity contribution in [2.24, 2.45) is 5.92 Å². The Labute approximate surface area is 220 Å². The van der Waals surface area contributed by atoms with E-state index in [-0.39, 0.29) is 29.9 Å². The summed E-state index contributed by atoms with van der Waals surface area (Å²) < 4.78 is 1.06. The number of halogens is 1. The highest BCUT2D eigenvalue weighted by molar-refractivity contribution is 9.10. The highest BCUT2D eigenvalue weighted by Gasteiger charge is 2.51. The van der Waals surface area contributed by atoms with E-state index in [0.717, 1.165) is 41.5 Å². The minimum absolute atomic E-state index is 0.0180. The van der Waals surface area contributed by atoms with Gasteiger partial charge in [-0.1, -0.05) is 64.5 Å². The van der Waals surface area contributed by atoms with Crippen molar-refractivity contribution in [3.63, 3.8) is 0 Å². The summed E-state index contributed by atoms with van der Waals surface area (Å²) in [5, 5.41) is 0. The van der Waals surface area contributed by atoms with Crippen LogP contribution in [-0.2, 0) is 4.79 Å². The zero-order chi connectivity index (χ0) is 24.6. The van der Waals surface area contributed by atoms with E-state index in [1.807, 2.05) is 65.6 Å². The highest BCUT2D eigenvalue weighted by atomic mass is 79.9. The fourth-order valence-corrected chi connectivity index (χ4v) is 6.29. The number of rotatable bonds is 4. The van der Waals surface area contributed by atoms with Gasteiger partial charge in [-0.2, -0.15) is 0 Å². The van der Waals surface area contributed by atoms with E-state index >= 15 is 0 Å². The Kier molecular flexibility index (Phi) is 6.30. The Morgan fingerprint density at radius 1 is 0.778 bits per heavy atom. The maximum absolute atomic E-state index is 14.0. The van der Waals surface area contributed by atoms with E-state index in [1.54, 1.807) is 4.90 Å². The molecular formula is C30H30BrN3O2. The van der Waals surface area contributed by atoms with Gasteiger partial charge in [0.2, 0.25) is 5.91 Å². The first-order valence-corrected chi connectivity index (χ1v) is 13.7. The second-order valence-corrected chi connectivity index (χ2v) is 11.1. The number of nitrogens with zero attached hydrogens (tertiary/aromatic N) is 3. The SMILES string of the molecule is O=C(N1C[C@H]2CCC[C@@H](C1)N2C(=O)C1CC1c1ccc(Br)cc1)N(c1ccccc1)c1ccccc1. The first-order valence-electron chi connectivity index (χ1n) is 12.9. The molecule has 36 heavy (non-hydrogen) atoms. The summed E-state index contributed by atoms with van der Waals surface area (Å²) in [6.45, 7) is 1.18. The zero-order valence-corrected chi connectivity index (χ0v) is 21.8. The van der Waals surface area contributed by atoms with Crippen LogP contribution in [-0.4, -0.2) is 46.9 Å². The van der Waals surface area contributed by atoms with Gasteiger partial charge in [-0.25, -0.2) is 4.79 Å². The number of piperazine rings is 1. The lowest BCUT2D eigenvalue weighted by Crippen LogP contribution is -2.64. The quantitative estimate of drug-likeness (QED) is 0.373. The predicted molar refractivity (Wildman–Crippen MR) is 145 cm³/mol. The summed E-state index contributed by atoms with van der Waals surface area (Å²) in [6, 6.07) is 28.2. The number of hydrogen-bond donors (Lipinski definition) is 0. The molecule has 2 bridgehead atoms. The average molecular weight is 544 g/mol. The van der Waals surface area contributed by atoms with Gasteiger partial charge in [0, 0.05) is 35.6 Å². The first-order chi connectivity index (χ1) is 17.6. The molecule has 6 heteroatoms. The minimum Gasteiger partial charge on any atom is -0.333 e. The largest absolute Gasteiger partial charge is 0.333 e. The molecule has 1 aliphatic carbocycles. The highest BCUT2D eigenvalue weighted by Crippen LogP contribution is 2.50. The second kappa shape index (κ2) is 9.74. The number of carbonyl (C=O) groups is 2. The lowest BCUT2D eigenvalue weighted by atomic mass is 9.90. The smallest absolute Gasteiger partial charge is 0.329 e. The molecule has 0 spiro atoms. The van der Waals surface area contributed by atoms with Gasteiger partial charge in [0.15, 0.2) is 0 Å². The molecule has 0 radical (unpaired) electrons. The normalized spacial score (nSPS) is 24.8. The fraction of sp³-hybridized carbons (Fsp3) is 0.333. The van der Waals surface area contributed by atoms with E-state index < -0.39 is 0 Å². The summed E-state index contributed by atoms with van der Waals surface area (Å²) in [5.41, 5.74) is 2.96. The molecule has 5 nitrogen and oxygen atoms in total. The second-order valence-electron chi connectivity index (χ2n) is 10.2. The molecule has 2 saturated heterocycles. The van der Waals surface area contributed by atoms with E-state index in [1.165, 1.54) is 5.56 Å². The van der Waals surface area contributed by atoms with E-state index in [4.69, 9.17) is 0 Å². The van der Waals surface area contributed by atoms with Crippen LogP contribution < -0.4 is 4.90 Å². The van der Waals surface area contributed by atoms with Crippen LogP contribution in [0.3, 0.4) is 0 Å². The number of urea groups is 1. The number of anilines is 2. The summed E-state index contributed by atoms with van der Waals surface area (Å²) in [7, 11) is 0. The van der Waals surface area contributed by atoms with Gasteiger partial charge in [0.1, 0.15) is 0 Å². The Morgan fingerprint density at radius 3 is 1.89 bits per heavy atom. The Balaban J connectivity index is 1.20. The van der Waals surface area contributed by atoms with Crippen LogP contribution in [0.25, 0.3) is 0 Å². The summed E-state index contributed by atoms with van der Waals surface area (Å²) in [6.07, 6.45) is 3.95. The van der Waals surface area contributed by atoms with Crippen LogP contribution in [0, 0.1) is 5.92 Å². The third kappa shape index (κ3) is 4.43. The number of piperidine rings is 1.